The Kier molecular flexibility index (Phi) is 2.06. The highest BCUT2D eigenvalue weighted by molar-refractivity contribution is 5.87. The zero-order valence-electron chi connectivity index (χ0n) is 6.49. The van der Waals surface area contributed by atoms with E-state index in [1.807, 2.05) is 0 Å². The molecule has 68 valence electrons. The summed E-state index contributed by atoms with van der Waals surface area (Å²) in [7, 11) is 0. The molecule has 0 amide bonds. The van der Waals surface area contributed by atoms with Gasteiger partial charge in [-0.15, -0.1) is 0 Å². The lowest BCUT2D eigenvalue weighted by Crippen LogP contribution is -2.53. The van der Waals surface area contributed by atoms with Crippen LogP contribution in [0.25, 0.3) is 0 Å². The second kappa shape index (κ2) is 2.75. The summed E-state index contributed by atoms with van der Waals surface area (Å²) in [5, 5.41) is 17.4. The fraction of sp³-hybridized carbons (Fsp3) is 0.714. The summed E-state index contributed by atoms with van der Waals surface area (Å²) >= 11 is 0. The molecule has 0 bridgehead atoms. The van der Waals surface area contributed by atoms with Crippen LogP contribution in [0.3, 0.4) is 0 Å². The molecule has 0 aromatic heterocycles. The van der Waals surface area contributed by atoms with Crippen LogP contribution in [0.15, 0.2) is 0 Å². The Balaban J connectivity index is 2.89. The Morgan fingerprint density at radius 1 is 1.42 bits per heavy atom. The molecule has 0 heterocycles. The molecule has 5 nitrogen and oxygen atoms in total. The lowest BCUT2D eigenvalue weighted by molar-refractivity contribution is -0.153. The van der Waals surface area contributed by atoms with Gasteiger partial charge in [0.2, 0.25) is 0 Å². The highest BCUT2D eigenvalue weighted by Crippen LogP contribution is 2.33. The molecular formula is C7H11NO4. The zero-order valence-corrected chi connectivity index (χ0v) is 6.49. The number of hydrogen-bond acceptors (Lipinski definition) is 3. The van der Waals surface area contributed by atoms with Gasteiger partial charge in [0.15, 0.2) is 0 Å². The zero-order chi connectivity index (χ0) is 9.35. The highest BCUT2D eigenvalue weighted by Gasteiger charge is 2.49. The third kappa shape index (κ3) is 1.16. The first-order valence-electron chi connectivity index (χ1n) is 3.73. The Morgan fingerprint density at radius 3 is 2.33 bits per heavy atom. The first-order valence-corrected chi connectivity index (χ1v) is 3.73. The van der Waals surface area contributed by atoms with Crippen LogP contribution >= 0.6 is 0 Å². The Bertz CT molecular complexity index is 227. The van der Waals surface area contributed by atoms with Gasteiger partial charge < -0.3 is 15.9 Å². The maximum absolute atomic E-state index is 10.6. The van der Waals surface area contributed by atoms with Gasteiger partial charge in [-0.1, -0.05) is 6.42 Å². The lowest BCUT2D eigenvalue weighted by atomic mass is 9.88. The molecule has 2 atom stereocenters. The van der Waals surface area contributed by atoms with E-state index in [-0.39, 0.29) is 6.42 Å². The van der Waals surface area contributed by atoms with E-state index in [9.17, 15) is 9.59 Å². The van der Waals surface area contributed by atoms with Gasteiger partial charge in [-0.05, 0) is 12.8 Å². The summed E-state index contributed by atoms with van der Waals surface area (Å²) < 4.78 is 0. The van der Waals surface area contributed by atoms with Crippen LogP contribution in [0.5, 0.6) is 0 Å². The third-order valence-corrected chi connectivity index (χ3v) is 2.40. The van der Waals surface area contributed by atoms with E-state index < -0.39 is 23.4 Å². The van der Waals surface area contributed by atoms with Crippen molar-refractivity contribution >= 4 is 11.9 Å². The average molecular weight is 173 g/mol. The minimum atomic E-state index is -1.55. The first kappa shape index (κ1) is 8.99. The number of nitrogens with two attached hydrogens (primary N) is 1. The molecule has 1 rings (SSSR count). The first-order chi connectivity index (χ1) is 5.48. The molecule has 0 aromatic rings. The highest BCUT2D eigenvalue weighted by atomic mass is 16.4. The van der Waals surface area contributed by atoms with Crippen molar-refractivity contribution in [2.45, 2.75) is 24.8 Å². The number of hydrogen-bond donors (Lipinski definition) is 3. The van der Waals surface area contributed by atoms with Crippen molar-refractivity contribution in [1.82, 2.24) is 0 Å². The van der Waals surface area contributed by atoms with Crippen LogP contribution in [-0.2, 0) is 9.59 Å². The largest absolute Gasteiger partial charge is 0.481 e. The SMILES string of the molecule is N[C@@]1(C(=O)O)CCC[C@@H]1C(=O)O. The van der Waals surface area contributed by atoms with Crippen molar-refractivity contribution in [3.63, 3.8) is 0 Å². The maximum Gasteiger partial charge on any atom is 0.324 e. The van der Waals surface area contributed by atoms with Crippen molar-refractivity contribution in [2.24, 2.45) is 11.7 Å². The summed E-state index contributed by atoms with van der Waals surface area (Å²) in [5.41, 5.74) is 3.92. The molecular weight excluding hydrogens is 162 g/mol. The van der Waals surface area contributed by atoms with Gasteiger partial charge in [-0.25, -0.2) is 0 Å². The van der Waals surface area contributed by atoms with Crippen molar-refractivity contribution in [3.8, 4) is 0 Å². The van der Waals surface area contributed by atoms with Crippen LogP contribution in [0.2, 0.25) is 0 Å². The Labute approximate surface area is 69.2 Å². The van der Waals surface area contributed by atoms with Gasteiger partial charge in [0, 0.05) is 0 Å². The topological polar surface area (TPSA) is 101 Å². The summed E-state index contributed by atoms with van der Waals surface area (Å²) in [5.74, 6) is -3.26. The molecule has 0 radical (unpaired) electrons. The summed E-state index contributed by atoms with van der Waals surface area (Å²) in [6.07, 6.45) is 1.18. The van der Waals surface area contributed by atoms with E-state index in [2.05, 4.69) is 0 Å². The van der Waals surface area contributed by atoms with E-state index in [1.54, 1.807) is 0 Å². The molecule has 1 fully saturated rings. The van der Waals surface area contributed by atoms with Gasteiger partial charge in [-0.2, -0.15) is 0 Å². The predicted molar refractivity (Wildman–Crippen MR) is 39.5 cm³/mol. The van der Waals surface area contributed by atoms with Crippen molar-refractivity contribution < 1.29 is 19.8 Å². The number of rotatable bonds is 2. The van der Waals surface area contributed by atoms with Crippen LogP contribution in [0.4, 0.5) is 0 Å². The van der Waals surface area contributed by atoms with Gasteiger partial charge >= 0.3 is 11.9 Å². The number of carbonyl (C=O) groups is 2. The molecule has 0 spiro atoms. The molecule has 0 saturated heterocycles. The summed E-state index contributed by atoms with van der Waals surface area (Å²) in [4.78, 5) is 21.2. The monoisotopic (exact) mass is 173 g/mol. The average Bonchev–Trinajstić information content (AvgIpc) is 2.32. The quantitative estimate of drug-likeness (QED) is 0.530. The fourth-order valence-electron chi connectivity index (χ4n) is 1.63. The van der Waals surface area contributed by atoms with E-state index in [0.717, 1.165) is 0 Å². The minimum Gasteiger partial charge on any atom is -0.481 e. The van der Waals surface area contributed by atoms with Gasteiger partial charge in [0.05, 0.1) is 5.92 Å². The standard InChI is InChI=1S/C7H11NO4/c8-7(6(11)12)3-1-2-4(7)5(9)10/h4H,1-3,8H2,(H,9,10)(H,11,12)/t4-,7+/m1/s1. The molecule has 1 aliphatic rings. The smallest absolute Gasteiger partial charge is 0.324 e. The maximum atomic E-state index is 10.6. The van der Waals surface area contributed by atoms with Crippen LogP contribution in [0.1, 0.15) is 19.3 Å². The number of aliphatic carboxylic acids is 2. The molecule has 12 heavy (non-hydrogen) atoms. The predicted octanol–water partition coefficient (Wildman–Crippen LogP) is -0.347. The molecule has 0 unspecified atom stereocenters. The molecule has 0 aromatic carbocycles. The Hall–Kier alpha value is -1.10. The van der Waals surface area contributed by atoms with Crippen LogP contribution < -0.4 is 5.73 Å². The second-order valence-corrected chi connectivity index (χ2v) is 3.13. The third-order valence-electron chi connectivity index (χ3n) is 2.40. The number of carboxylic acids is 2. The van der Waals surface area contributed by atoms with E-state index in [0.29, 0.717) is 12.8 Å². The molecule has 5 heteroatoms. The van der Waals surface area contributed by atoms with Gasteiger partial charge in [-0.3, -0.25) is 9.59 Å². The molecule has 4 N–H and O–H groups in total. The van der Waals surface area contributed by atoms with Crippen LogP contribution in [0, 0.1) is 5.92 Å². The van der Waals surface area contributed by atoms with Crippen molar-refractivity contribution in [3.05, 3.63) is 0 Å². The normalized spacial score (nSPS) is 34.9. The van der Waals surface area contributed by atoms with E-state index in [4.69, 9.17) is 15.9 Å². The van der Waals surface area contributed by atoms with Gasteiger partial charge in [0.1, 0.15) is 5.54 Å². The van der Waals surface area contributed by atoms with Gasteiger partial charge in [0.25, 0.3) is 0 Å². The summed E-state index contributed by atoms with van der Waals surface area (Å²) in [6.45, 7) is 0. The molecule has 0 aliphatic heterocycles. The molecule has 1 aliphatic carbocycles. The lowest BCUT2D eigenvalue weighted by Gasteiger charge is -2.22. The van der Waals surface area contributed by atoms with E-state index >= 15 is 0 Å². The summed E-state index contributed by atoms with van der Waals surface area (Å²) in [6, 6.07) is 0. The van der Waals surface area contributed by atoms with Crippen molar-refractivity contribution in [1.29, 1.82) is 0 Å². The van der Waals surface area contributed by atoms with Crippen molar-refractivity contribution in [2.75, 3.05) is 0 Å². The number of carboxylic acid groups (broad SMARTS) is 2. The second-order valence-electron chi connectivity index (χ2n) is 3.13. The Morgan fingerprint density at radius 2 is 2.00 bits per heavy atom. The van der Waals surface area contributed by atoms with Crippen LogP contribution in [-0.4, -0.2) is 27.7 Å². The van der Waals surface area contributed by atoms with E-state index in [1.165, 1.54) is 0 Å². The molecule has 1 saturated carbocycles. The minimum absolute atomic E-state index is 0.249. The fourth-order valence-corrected chi connectivity index (χ4v) is 1.63.